The van der Waals surface area contributed by atoms with Gasteiger partial charge in [0.2, 0.25) is 5.91 Å². The molecule has 3 unspecified atom stereocenters. The molecule has 3 atom stereocenters. The zero-order valence-electron chi connectivity index (χ0n) is 8.50. The second kappa shape index (κ2) is 5.71. The Hall–Kier alpha value is -0.0900. The van der Waals surface area contributed by atoms with Crippen LogP contribution in [0.15, 0.2) is 0 Å². The van der Waals surface area contributed by atoms with E-state index in [-0.39, 0.29) is 29.3 Å². The maximum Gasteiger partial charge on any atom is 0.233 e. The lowest BCUT2D eigenvalue weighted by atomic mass is 9.85. The number of alkyl halides is 1. The molecule has 3 nitrogen and oxygen atoms in total. The van der Waals surface area contributed by atoms with Crippen molar-refractivity contribution in [2.75, 3.05) is 6.61 Å². The number of hydrogen-bond donors (Lipinski definition) is 2. The minimum Gasteiger partial charge on any atom is -0.396 e. The third-order valence-corrected chi connectivity index (χ3v) is 3.25. The monoisotopic (exact) mass is 263 g/mol. The molecular weight excluding hydrogens is 246 g/mol. The molecule has 0 aliphatic heterocycles. The molecular formula is C10H18BrNO2. The summed E-state index contributed by atoms with van der Waals surface area (Å²) in [6.07, 6.45) is 4.34. The maximum absolute atomic E-state index is 11.4. The van der Waals surface area contributed by atoms with Gasteiger partial charge in [-0.3, -0.25) is 4.79 Å². The van der Waals surface area contributed by atoms with Crippen molar-refractivity contribution in [3.63, 3.8) is 0 Å². The van der Waals surface area contributed by atoms with Crippen molar-refractivity contribution in [3.8, 4) is 0 Å². The Kier molecular flexibility index (Phi) is 4.89. The Morgan fingerprint density at radius 3 is 2.79 bits per heavy atom. The van der Waals surface area contributed by atoms with Gasteiger partial charge in [0, 0.05) is 18.6 Å². The first-order chi connectivity index (χ1) is 6.65. The number of carbonyl (C=O) groups is 1. The van der Waals surface area contributed by atoms with Crippen molar-refractivity contribution < 1.29 is 9.90 Å². The Bertz CT molecular complexity index is 197. The van der Waals surface area contributed by atoms with E-state index in [1.54, 1.807) is 0 Å². The fourth-order valence-corrected chi connectivity index (χ4v) is 2.05. The summed E-state index contributed by atoms with van der Waals surface area (Å²) in [5.74, 6) is 0.272. The number of hydrogen-bond acceptors (Lipinski definition) is 2. The molecule has 14 heavy (non-hydrogen) atoms. The van der Waals surface area contributed by atoms with Crippen LogP contribution in [-0.2, 0) is 4.79 Å². The van der Waals surface area contributed by atoms with Crippen LogP contribution in [0.3, 0.4) is 0 Å². The summed E-state index contributed by atoms with van der Waals surface area (Å²) in [5.41, 5.74) is 0. The summed E-state index contributed by atoms with van der Waals surface area (Å²) < 4.78 is 0. The summed E-state index contributed by atoms with van der Waals surface area (Å²) in [5, 5.41) is 12.1. The zero-order valence-corrected chi connectivity index (χ0v) is 10.1. The van der Waals surface area contributed by atoms with E-state index in [4.69, 9.17) is 5.11 Å². The Labute approximate surface area is 93.4 Å². The van der Waals surface area contributed by atoms with Gasteiger partial charge >= 0.3 is 0 Å². The van der Waals surface area contributed by atoms with E-state index in [1.165, 1.54) is 6.42 Å². The van der Waals surface area contributed by atoms with Gasteiger partial charge < -0.3 is 10.4 Å². The summed E-state index contributed by atoms with van der Waals surface area (Å²) in [6.45, 7) is 1.99. The molecule has 0 aromatic heterocycles. The molecule has 1 saturated carbocycles. The molecule has 0 saturated heterocycles. The van der Waals surface area contributed by atoms with E-state index < -0.39 is 0 Å². The average molecular weight is 264 g/mol. The summed E-state index contributed by atoms with van der Waals surface area (Å²) in [4.78, 5) is 11.3. The van der Waals surface area contributed by atoms with Crippen molar-refractivity contribution in [2.45, 2.75) is 43.5 Å². The number of halogens is 1. The fourth-order valence-electron chi connectivity index (χ4n) is 1.91. The van der Waals surface area contributed by atoms with Gasteiger partial charge in [-0.15, -0.1) is 0 Å². The van der Waals surface area contributed by atoms with Crippen molar-refractivity contribution in [3.05, 3.63) is 0 Å². The predicted octanol–water partition coefficient (Wildman–Crippen LogP) is 1.44. The van der Waals surface area contributed by atoms with E-state index in [1.807, 2.05) is 6.92 Å². The molecule has 1 amide bonds. The highest BCUT2D eigenvalue weighted by molar-refractivity contribution is 9.10. The van der Waals surface area contributed by atoms with Crippen LogP contribution in [0.1, 0.15) is 32.6 Å². The Morgan fingerprint density at radius 1 is 1.57 bits per heavy atom. The Morgan fingerprint density at radius 2 is 2.21 bits per heavy atom. The average Bonchev–Trinajstić information content (AvgIpc) is 2.18. The van der Waals surface area contributed by atoms with Crippen molar-refractivity contribution >= 4 is 21.8 Å². The second-order valence-corrected chi connectivity index (χ2v) is 5.33. The summed E-state index contributed by atoms with van der Waals surface area (Å²) in [6, 6.07) is 0.168. The largest absolute Gasteiger partial charge is 0.396 e. The summed E-state index contributed by atoms with van der Waals surface area (Å²) in [7, 11) is 0. The normalized spacial score (nSPS) is 29.6. The van der Waals surface area contributed by atoms with Crippen LogP contribution in [0.2, 0.25) is 0 Å². The summed E-state index contributed by atoms with van der Waals surface area (Å²) >= 11 is 3.23. The molecule has 0 aromatic carbocycles. The molecule has 82 valence electrons. The highest BCUT2D eigenvalue weighted by Crippen LogP contribution is 2.24. The molecule has 1 aliphatic rings. The number of amides is 1. The first-order valence-corrected chi connectivity index (χ1v) is 6.12. The second-order valence-electron chi connectivity index (χ2n) is 3.96. The number of rotatable bonds is 3. The van der Waals surface area contributed by atoms with Crippen molar-refractivity contribution in [2.24, 2.45) is 5.92 Å². The van der Waals surface area contributed by atoms with Crippen LogP contribution in [0.5, 0.6) is 0 Å². The SMILES string of the molecule is CC(Br)C(=O)NC1CCCCC1CO. The molecule has 0 heterocycles. The van der Waals surface area contributed by atoms with E-state index >= 15 is 0 Å². The topological polar surface area (TPSA) is 49.3 Å². The van der Waals surface area contributed by atoms with E-state index in [0.717, 1.165) is 19.3 Å². The van der Waals surface area contributed by atoms with Crippen LogP contribution in [0.4, 0.5) is 0 Å². The van der Waals surface area contributed by atoms with Crippen LogP contribution in [0.25, 0.3) is 0 Å². The van der Waals surface area contributed by atoms with E-state index in [9.17, 15) is 4.79 Å². The van der Waals surface area contributed by atoms with Gasteiger partial charge in [-0.2, -0.15) is 0 Å². The third kappa shape index (κ3) is 3.24. The number of aliphatic hydroxyl groups is 1. The minimum absolute atomic E-state index is 0.0235. The maximum atomic E-state index is 11.4. The molecule has 0 bridgehead atoms. The number of carbonyl (C=O) groups excluding carboxylic acids is 1. The van der Waals surface area contributed by atoms with Crippen molar-refractivity contribution in [1.82, 2.24) is 5.32 Å². The quantitative estimate of drug-likeness (QED) is 0.758. The first-order valence-electron chi connectivity index (χ1n) is 5.20. The van der Waals surface area contributed by atoms with Gasteiger partial charge in [-0.1, -0.05) is 28.8 Å². The zero-order chi connectivity index (χ0) is 10.6. The van der Waals surface area contributed by atoms with Crippen LogP contribution in [-0.4, -0.2) is 28.5 Å². The standard InChI is InChI=1S/C10H18BrNO2/c1-7(11)10(14)12-9-5-3-2-4-8(9)6-13/h7-9,13H,2-6H2,1H3,(H,12,14). The highest BCUT2D eigenvalue weighted by atomic mass is 79.9. The van der Waals surface area contributed by atoms with Gasteiger partial charge in [0.25, 0.3) is 0 Å². The molecule has 1 fully saturated rings. The molecule has 0 radical (unpaired) electrons. The smallest absolute Gasteiger partial charge is 0.233 e. The van der Waals surface area contributed by atoms with Crippen molar-refractivity contribution in [1.29, 1.82) is 0 Å². The van der Waals surface area contributed by atoms with E-state index in [0.29, 0.717) is 0 Å². The van der Waals surface area contributed by atoms with Gasteiger partial charge in [-0.25, -0.2) is 0 Å². The van der Waals surface area contributed by atoms with Gasteiger partial charge in [0.1, 0.15) is 0 Å². The molecule has 0 spiro atoms. The molecule has 0 aromatic rings. The number of nitrogens with one attached hydrogen (secondary N) is 1. The number of aliphatic hydroxyl groups excluding tert-OH is 1. The van der Waals surface area contributed by atoms with Gasteiger partial charge in [0.15, 0.2) is 0 Å². The minimum atomic E-state index is -0.149. The van der Waals surface area contributed by atoms with Crippen LogP contribution in [0, 0.1) is 5.92 Å². The predicted molar refractivity (Wildman–Crippen MR) is 59.4 cm³/mol. The fraction of sp³-hybridized carbons (Fsp3) is 0.900. The lowest BCUT2D eigenvalue weighted by Crippen LogP contribution is -2.45. The first kappa shape index (κ1) is 12.0. The highest BCUT2D eigenvalue weighted by Gasteiger charge is 2.26. The van der Waals surface area contributed by atoms with Crippen LogP contribution >= 0.6 is 15.9 Å². The van der Waals surface area contributed by atoms with Crippen LogP contribution < -0.4 is 5.32 Å². The molecule has 1 rings (SSSR count). The molecule has 4 heteroatoms. The van der Waals surface area contributed by atoms with E-state index in [2.05, 4.69) is 21.2 Å². The van der Waals surface area contributed by atoms with Gasteiger partial charge in [0.05, 0.1) is 4.83 Å². The lowest BCUT2D eigenvalue weighted by molar-refractivity contribution is -0.121. The third-order valence-electron chi connectivity index (χ3n) is 2.83. The lowest BCUT2D eigenvalue weighted by Gasteiger charge is -2.31. The molecule has 2 N–H and O–H groups in total. The molecule has 1 aliphatic carbocycles. The van der Waals surface area contributed by atoms with Gasteiger partial charge in [-0.05, 0) is 19.8 Å². The Balaban J connectivity index is 2.44.